The number of rotatable bonds is 6. The highest BCUT2D eigenvalue weighted by molar-refractivity contribution is 5.77. The third-order valence-corrected chi connectivity index (χ3v) is 4.99. The van der Waals surface area contributed by atoms with Gasteiger partial charge in [0.2, 0.25) is 6.79 Å². The molecule has 0 aliphatic carbocycles. The van der Waals surface area contributed by atoms with Gasteiger partial charge in [-0.3, -0.25) is 4.79 Å². The molecule has 0 saturated carbocycles. The lowest BCUT2D eigenvalue weighted by Crippen LogP contribution is -3.28. The first-order valence-corrected chi connectivity index (χ1v) is 8.99. The zero-order valence-corrected chi connectivity index (χ0v) is 14.7. The van der Waals surface area contributed by atoms with E-state index in [2.05, 4.69) is 31.3 Å². The number of hydrogen-bond acceptors (Lipinski definition) is 3. The molecule has 1 fully saturated rings. The van der Waals surface area contributed by atoms with E-state index in [4.69, 9.17) is 9.47 Å². The first-order valence-electron chi connectivity index (χ1n) is 8.99. The number of ether oxygens (including phenoxy) is 2. The lowest BCUT2D eigenvalue weighted by Gasteiger charge is -2.29. The van der Waals surface area contributed by atoms with Crippen molar-refractivity contribution in [3.63, 3.8) is 0 Å². The van der Waals surface area contributed by atoms with Crippen LogP contribution in [0.3, 0.4) is 0 Å². The predicted molar refractivity (Wildman–Crippen MR) is 90.4 cm³/mol. The van der Waals surface area contributed by atoms with E-state index in [1.807, 2.05) is 6.07 Å². The van der Waals surface area contributed by atoms with Crippen molar-refractivity contribution in [3.05, 3.63) is 23.8 Å². The van der Waals surface area contributed by atoms with Crippen LogP contribution in [-0.2, 0) is 11.3 Å². The van der Waals surface area contributed by atoms with Gasteiger partial charge in [-0.15, -0.1) is 0 Å². The Morgan fingerprint density at radius 2 is 1.88 bits per heavy atom. The first kappa shape index (κ1) is 17.0. The summed E-state index contributed by atoms with van der Waals surface area (Å²) in [6.07, 6.45) is 0.981. The van der Waals surface area contributed by atoms with E-state index in [1.54, 1.807) is 4.90 Å². The summed E-state index contributed by atoms with van der Waals surface area (Å²) in [5.41, 5.74) is 1.28. The topological polar surface area (TPSA) is 56.4 Å². The van der Waals surface area contributed by atoms with E-state index in [1.165, 1.54) is 10.5 Å². The highest BCUT2D eigenvalue weighted by atomic mass is 16.7. The number of piperazine rings is 1. The van der Waals surface area contributed by atoms with Crippen LogP contribution < -0.4 is 24.6 Å². The maximum Gasteiger partial charge on any atom is 0.275 e. The second-order valence-corrected chi connectivity index (χ2v) is 6.92. The van der Waals surface area contributed by atoms with Crippen molar-refractivity contribution in [3.8, 4) is 11.5 Å². The summed E-state index contributed by atoms with van der Waals surface area (Å²) in [6, 6.07) is 6.49. The van der Waals surface area contributed by atoms with Gasteiger partial charge in [0.15, 0.2) is 18.0 Å². The minimum Gasteiger partial charge on any atom is -0.454 e. The van der Waals surface area contributed by atoms with Crippen LogP contribution >= 0.6 is 0 Å². The van der Waals surface area contributed by atoms with Crippen molar-refractivity contribution in [2.75, 3.05) is 39.5 Å². The Bertz CT molecular complexity index is 571. The molecule has 6 heteroatoms. The maximum atomic E-state index is 12.0. The van der Waals surface area contributed by atoms with Crippen molar-refractivity contribution in [2.24, 2.45) is 0 Å². The number of fused-ring (bicyclic) bond motifs is 1. The van der Waals surface area contributed by atoms with Crippen LogP contribution in [0.1, 0.15) is 25.8 Å². The van der Waals surface area contributed by atoms with Crippen LogP contribution in [0.4, 0.5) is 0 Å². The molecule has 132 valence electrons. The zero-order valence-electron chi connectivity index (χ0n) is 14.7. The van der Waals surface area contributed by atoms with Crippen LogP contribution in [0.15, 0.2) is 18.2 Å². The van der Waals surface area contributed by atoms with Crippen LogP contribution in [-0.4, -0.2) is 51.5 Å². The zero-order chi connectivity index (χ0) is 16.9. The molecule has 2 aliphatic rings. The second kappa shape index (κ2) is 7.85. The molecule has 3 rings (SSSR count). The molecule has 0 aromatic heterocycles. The number of carbonyl (C=O) groups excluding carboxylic acids is 1. The lowest BCUT2D eigenvalue weighted by atomic mass is 10.1. The molecule has 6 nitrogen and oxygen atoms in total. The molecule has 3 N–H and O–H groups in total. The average molecular weight is 335 g/mol. The number of hydrogen-bond donors (Lipinski definition) is 3. The summed E-state index contributed by atoms with van der Waals surface area (Å²) in [5, 5.41) is 3.06. The Morgan fingerprint density at radius 1 is 1.17 bits per heavy atom. The molecule has 0 radical (unpaired) electrons. The van der Waals surface area contributed by atoms with Gasteiger partial charge < -0.3 is 24.6 Å². The number of quaternary nitrogens is 2. The summed E-state index contributed by atoms with van der Waals surface area (Å²) in [4.78, 5) is 15.0. The molecule has 1 aromatic rings. The average Bonchev–Trinajstić information content (AvgIpc) is 3.04. The lowest BCUT2D eigenvalue weighted by molar-refractivity contribution is -1.02. The van der Waals surface area contributed by atoms with E-state index in [0.29, 0.717) is 13.3 Å². The molecular weight excluding hydrogens is 306 g/mol. The first-order chi connectivity index (χ1) is 11.6. The predicted octanol–water partition coefficient (Wildman–Crippen LogP) is -1.39. The minimum atomic E-state index is 0.179. The van der Waals surface area contributed by atoms with Gasteiger partial charge in [-0.1, -0.05) is 6.92 Å². The minimum absolute atomic E-state index is 0.179. The van der Waals surface area contributed by atoms with E-state index in [0.717, 1.165) is 50.6 Å². The van der Waals surface area contributed by atoms with Gasteiger partial charge in [0.1, 0.15) is 32.7 Å². The van der Waals surface area contributed by atoms with Crippen molar-refractivity contribution < 1.29 is 24.1 Å². The van der Waals surface area contributed by atoms with E-state index < -0.39 is 0 Å². The van der Waals surface area contributed by atoms with Crippen molar-refractivity contribution >= 4 is 5.91 Å². The second-order valence-electron chi connectivity index (χ2n) is 6.92. The highest BCUT2D eigenvalue weighted by Gasteiger charge is 2.25. The largest absolute Gasteiger partial charge is 0.454 e. The Hall–Kier alpha value is -1.79. The van der Waals surface area contributed by atoms with Gasteiger partial charge in [-0.05, 0) is 31.5 Å². The maximum absolute atomic E-state index is 12.0. The van der Waals surface area contributed by atoms with Gasteiger partial charge in [-0.25, -0.2) is 0 Å². The van der Waals surface area contributed by atoms with E-state index in [9.17, 15) is 4.79 Å². The van der Waals surface area contributed by atoms with Gasteiger partial charge in [-0.2, -0.15) is 0 Å². The number of nitrogens with one attached hydrogen (secondary N) is 3. The van der Waals surface area contributed by atoms with E-state index >= 15 is 0 Å². The number of carbonyl (C=O) groups is 1. The Balaban J connectivity index is 1.43. The van der Waals surface area contributed by atoms with Gasteiger partial charge in [0, 0.05) is 11.6 Å². The molecule has 24 heavy (non-hydrogen) atoms. The van der Waals surface area contributed by atoms with Crippen molar-refractivity contribution in [1.82, 2.24) is 5.32 Å². The quantitative estimate of drug-likeness (QED) is 0.600. The fraction of sp³-hybridized carbons (Fsp3) is 0.611. The molecule has 0 unspecified atom stereocenters. The molecule has 0 spiro atoms. The number of amides is 1. The number of benzene rings is 1. The van der Waals surface area contributed by atoms with Crippen LogP contribution in [0.2, 0.25) is 0 Å². The molecule has 1 amide bonds. The molecule has 0 bridgehead atoms. The molecule has 1 atom stereocenters. The van der Waals surface area contributed by atoms with Crippen LogP contribution in [0.5, 0.6) is 11.5 Å². The fourth-order valence-corrected chi connectivity index (χ4v) is 3.31. The molecule has 1 saturated heterocycles. The van der Waals surface area contributed by atoms with Gasteiger partial charge >= 0.3 is 0 Å². The highest BCUT2D eigenvalue weighted by Crippen LogP contribution is 2.32. The standard InChI is InChI=1S/C18H27N3O3/c1-3-14(2)19-18(22)12-21-8-6-20(7-9-21)11-15-4-5-16-17(10-15)24-13-23-16/h4-5,10,14H,3,6-9,11-13H2,1-2H3,(H,19,22)/p+2/t14-/m1/s1. The normalized spacial score (nSPS) is 23.8. The van der Waals surface area contributed by atoms with Gasteiger partial charge in [0.05, 0.1) is 0 Å². The summed E-state index contributed by atoms with van der Waals surface area (Å²) < 4.78 is 10.8. The summed E-state index contributed by atoms with van der Waals surface area (Å²) in [6.45, 7) is 10.4. The summed E-state index contributed by atoms with van der Waals surface area (Å²) in [5.74, 6) is 1.88. The van der Waals surface area contributed by atoms with Crippen LogP contribution in [0, 0.1) is 0 Å². The van der Waals surface area contributed by atoms with Crippen molar-refractivity contribution in [2.45, 2.75) is 32.9 Å². The third-order valence-electron chi connectivity index (χ3n) is 4.99. The van der Waals surface area contributed by atoms with E-state index in [-0.39, 0.29) is 11.9 Å². The molecule has 2 heterocycles. The smallest absolute Gasteiger partial charge is 0.275 e. The third kappa shape index (κ3) is 4.39. The molecule has 2 aliphatic heterocycles. The van der Waals surface area contributed by atoms with Gasteiger partial charge in [0.25, 0.3) is 5.91 Å². The Kier molecular flexibility index (Phi) is 5.58. The monoisotopic (exact) mass is 335 g/mol. The summed E-state index contributed by atoms with van der Waals surface area (Å²) in [7, 11) is 0. The fourth-order valence-electron chi connectivity index (χ4n) is 3.31. The Morgan fingerprint density at radius 3 is 2.62 bits per heavy atom. The van der Waals surface area contributed by atoms with Crippen molar-refractivity contribution in [1.29, 1.82) is 0 Å². The summed E-state index contributed by atoms with van der Waals surface area (Å²) >= 11 is 0. The Labute approximate surface area is 143 Å². The molecule has 1 aromatic carbocycles. The SMILES string of the molecule is CC[C@@H](C)NC(=O)C[NH+]1CC[NH+](Cc2ccc3c(c2)OCO3)CC1. The molecular formula is C18H29N3O3+2. The van der Waals surface area contributed by atoms with Crippen LogP contribution in [0.25, 0.3) is 0 Å².